The third kappa shape index (κ3) is 2.69. The maximum Gasteiger partial charge on any atom is 0.0195 e. The zero-order valence-corrected chi connectivity index (χ0v) is 9.28. The molecule has 0 aromatic rings. The molecule has 0 aromatic heterocycles. The molecular weight excluding hydrogens is 174 g/mol. The van der Waals surface area contributed by atoms with Crippen molar-refractivity contribution >= 4 is 0 Å². The van der Waals surface area contributed by atoms with Crippen LogP contribution in [0.5, 0.6) is 0 Å². The van der Waals surface area contributed by atoms with E-state index >= 15 is 0 Å². The number of hydrogen-bond acceptors (Lipinski definition) is 3. The molecule has 0 unspecified atom stereocenters. The zero-order chi connectivity index (χ0) is 9.97. The second-order valence-corrected chi connectivity index (χ2v) is 4.88. The highest BCUT2D eigenvalue weighted by molar-refractivity contribution is 4.84. The van der Waals surface area contributed by atoms with Crippen LogP contribution in [0, 0.1) is 5.92 Å². The Labute approximate surface area is 87.2 Å². The van der Waals surface area contributed by atoms with E-state index in [9.17, 15) is 0 Å². The summed E-state index contributed by atoms with van der Waals surface area (Å²) in [5, 5.41) is 0. The second kappa shape index (κ2) is 4.60. The number of rotatable bonds is 4. The van der Waals surface area contributed by atoms with Gasteiger partial charge in [0.05, 0.1) is 0 Å². The minimum atomic E-state index is 0.732. The molecule has 3 nitrogen and oxygen atoms in total. The van der Waals surface area contributed by atoms with Gasteiger partial charge in [0, 0.05) is 45.3 Å². The van der Waals surface area contributed by atoms with Crippen molar-refractivity contribution in [2.24, 2.45) is 11.7 Å². The predicted octanol–water partition coefficient (Wildman–Crippen LogP) is 0.361. The van der Waals surface area contributed by atoms with Gasteiger partial charge in [0.25, 0.3) is 0 Å². The van der Waals surface area contributed by atoms with Crippen LogP contribution in [0.15, 0.2) is 0 Å². The highest BCUT2D eigenvalue weighted by atomic mass is 15.3. The van der Waals surface area contributed by atoms with Gasteiger partial charge in [0.15, 0.2) is 0 Å². The summed E-state index contributed by atoms with van der Waals surface area (Å²) in [5.41, 5.74) is 5.57. The van der Waals surface area contributed by atoms with Gasteiger partial charge >= 0.3 is 0 Å². The summed E-state index contributed by atoms with van der Waals surface area (Å²) in [6.07, 6.45) is 2.94. The standard InChI is InChI=1S/C11H23N3/c1-10-8-13(5-4-12)6-7-14(10)9-11-2-3-11/h10-11H,2-9,12H2,1H3/t10-/m0/s1. The minimum Gasteiger partial charge on any atom is -0.329 e. The molecule has 0 aromatic carbocycles. The monoisotopic (exact) mass is 197 g/mol. The molecule has 2 rings (SSSR count). The maximum atomic E-state index is 5.57. The Kier molecular flexibility index (Phi) is 3.42. The normalized spacial score (nSPS) is 30.9. The molecule has 1 atom stereocenters. The molecule has 1 heterocycles. The Morgan fingerprint density at radius 3 is 2.64 bits per heavy atom. The summed E-state index contributed by atoms with van der Waals surface area (Å²) >= 11 is 0. The fourth-order valence-corrected chi connectivity index (χ4v) is 2.36. The quantitative estimate of drug-likeness (QED) is 0.706. The summed E-state index contributed by atoms with van der Waals surface area (Å²) in [5.74, 6) is 1.03. The van der Waals surface area contributed by atoms with Gasteiger partial charge in [-0.2, -0.15) is 0 Å². The molecule has 82 valence electrons. The average molecular weight is 197 g/mol. The second-order valence-electron chi connectivity index (χ2n) is 4.88. The van der Waals surface area contributed by atoms with E-state index in [0.29, 0.717) is 0 Å². The fourth-order valence-electron chi connectivity index (χ4n) is 2.36. The average Bonchev–Trinajstić information content (AvgIpc) is 2.94. The molecule has 1 aliphatic heterocycles. The van der Waals surface area contributed by atoms with Gasteiger partial charge in [0.2, 0.25) is 0 Å². The number of piperazine rings is 1. The lowest BCUT2D eigenvalue weighted by Gasteiger charge is -2.39. The molecule has 1 saturated carbocycles. The largest absolute Gasteiger partial charge is 0.329 e. The number of nitrogens with zero attached hydrogens (tertiary/aromatic N) is 2. The lowest BCUT2D eigenvalue weighted by molar-refractivity contribution is 0.0818. The predicted molar refractivity (Wildman–Crippen MR) is 59.3 cm³/mol. The Morgan fingerprint density at radius 2 is 2.07 bits per heavy atom. The van der Waals surface area contributed by atoms with E-state index in [1.165, 1.54) is 39.0 Å². The topological polar surface area (TPSA) is 32.5 Å². The van der Waals surface area contributed by atoms with Gasteiger partial charge in [-0.05, 0) is 25.7 Å². The summed E-state index contributed by atoms with van der Waals surface area (Å²) in [6.45, 7) is 9.25. The Morgan fingerprint density at radius 1 is 1.29 bits per heavy atom. The van der Waals surface area contributed by atoms with E-state index in [4.69, 9.17) is 5.73 Å². The highest BCUT2D eigenvalue weighted by Crippen LogP contribution is 2.30. The van der Waals surface area contributed by atoms with Gasteiger partial charge in [-0.1, -0.05) is 0 Å². The molecule has 0 radical (unpaired) electrons. The number of nitrogens with two attached hydrogens (primary N) is 1. The van der Waals surface area contributed by atoms with Crippen molar-refractivity contribution in [1.29, 1.82) is 0 Å². The molecular formula is C11H23N3. The Balaban J connectivity index is 1.74. The van der Waals surface area contributed by atoms with Crippen LogP contribution in [-0.4, -0.2) is 55.1 Å². The van der Waals surface area contributed by atoms with E-state index in [1.54, 1.807) is 0 Å². The van der Waals surface area contributed by atoms with E-state index in [-0.39, 0.29) is 0 Å². The lowest BCUT2D eigenvalue weighted by atomic mass is 10.1. The summed E-state index contributed by atoms with van der Waals surface area (Å²) in [6, 6.07) is 0.732. The van der Waals surface area contributed by atoms with Crippen LogP contribution in [0.1, 0.15) is 19.8 Å². The Hall–Kier alpha value is -0.120. The smallest absolute Gasteiger partial charge is 0.0195 e. The van der Waals surface area contributed by atoms with Crippen molar-refractivity contribution in [2.75, 3.05) is 39.3 Å². The van der Waals surface area contributed by atoms with Gasteiger partial charge in [-0.15, -0.1) is 0 Å². The fraction of sp³-hybridized carbons (Fsp3) is 1.00. The van der Waals surface area contributed by atoms with Crippen molar-refractivity contribution in [3.8, 4) is 0 Å². The first kappa shape index (κ1) is 10.4. The van der Waals surface area contributed by atoms with Gasteiger partial charge < -0.3 is 5.73 Å². The van der Waals surface area contributed by atoms with Crippen molar-refractivity contribution in [2.45, 2.75) is 25.8 Å². The van der Waals surface area contributed by atoms with E-state index < -0.39 is 0 Å². The molecule has 3 heteroatoms. The molecule has 0 bridgehead atoms. The molecule has 1 saturated heterocycles. The lowest BCUT2D eigenvalue weighted by Crippen LogP contribution is -2.53. The van der Waals surface area contributed by atoms with Crippen molar-refractivity contribution in [1.82, 2.24) is 9.80 Å². The molecule has 14 heavy (non-hydrogen) atoms. The summed E-state index contributed by atoms with van der Waals surface area (Å²) < 4.78 is 0. The first-order chi connectivity index (χ1) is 6.79. The van der Waals surface area contributed by atoms with Gasteiger partial charge in [-0.3, -0.25) is 9.80 Å². The van der Waals surface area contributed by atoms with E-state index in [0.717, 1.165) is 25.0 Å². The van der Waals surface area contributed by atoms with Crippen LogP contribution in [0.4, 0.5) is 0 Å². The van der Waals surface area contributed by atoms with Crippen molar-refractivity contribution < 1.29 is 0 Å². The number of hydrogen-bond donors (Lipinski definition) is 1. The molecule has 1 aliphatic carbocycles. The maximum absolute atomic E-state index is 5.57. The third-order valence-corrected chi connectivity index (χ3v) is 3.48. The Bertz CT molecular complexity index is 179. The SMILES string of the molecule is C[C@H]1CN(CCN)CCN1CC1CC1. The minimum absolute atomic E-state index is 0.732. The van der Waals surface area contributed by atoms with Crippen LogP contribution in [0.25, 0.3) is 0 Å². The van der Waals surface area contributed by atoms with Crippen LogP contribution < -0.4 is 5.73 Å². The third-order valence-electron chi connectivity index (χ3n) is 3.48. The van der Waals surface area contributed by atoms with Crippen LogP contribution in [-0.2, 0) is 0 Å². The molecule has 2 N–H and O–H groups in total. The van der Waals surface area contributed by atoms with E-state index in [1.807, 2.05) is 0 Å². The van der Waals surface area contributed by atoms with E-state index in [2.05, 4.69) is 16.7 Å². The summed E-state index contributed by atoms with van der Waals surface area (Å²) in [7, 11) is 0. The van der Waals surface area contributed by atoms with Crippen molar-refractivity contribution in [3.05, 3.63) is 0 Å². The molecule has 2 fully saturated rings. The molecule has 0 amide bonds. The zero-order valence-electron chi connectivity index (χ0n) is 9.28. The van der Waals surface area contributed by atoms with Crippen LogP contribution in [0.3, 0.4) is 0 Å². The molecule has 0 spiro atoms. The summed E-state index contributed by atoms with van der Waals surface area (Å²) in [4.78, 5) is 5.15. The van der Waals surface area contributed by atoms with Crippen LogP contribution >= 0.6 is 0 Å². The first-order valence-electron chi connectivity index (χ1n) is 5.96. The van der Waals surface area contributed by atoms with Gasteiger partial charge in [0.1, 0.15) is 0 Å². The highest BCUT2D eigenvalue weighted by Gasteiger charge is 2.29. The van der Waals surface area contributed by atoms with Gasteiger partial charge in [-0.25, -0.2) is 0 Å². The first-order valence-corrected chi connectivity index (χ1v) is 5.96. The van der Waals surface area contributed by atoms with Crippen LogP contribution in [0.2, 0.25) is 0 Å². The van der Waals surface area contributed by atoms with Crippen molar-refractivity contribution in [3.63, 3.8) is 0 Å². The molecule has 2 aliphatic rings.